The number of rotatable bonds is 3. The Labute approximate surface area is 128 Å². The maximum absolute atomic E-state index is 11.9. The molecule has 1 atom stereocenters. The van der Waals surface area contributed by atoms with E-state index in [4.69, 9.17) is 10.5 Å². The van der Waals surface area contributed by atoms with Gasteiger partial charge in [0.2, 0.25) is 0 Å². The van der Waals surface area contributed by atoms with Crippen molar-refractivity contribution in [2.45, 2.75) is 17.4 Å². The number of hydrogen-bond donors (Lipinski definition) is 1. The maximum atomic E-state index is 11.9. The van der Waals surface area contributed by atoms with Gasteiger partial charge in [-0.2, -0.15) is 4.37 Å². The molecule has 1 aromatic rings. The predicted molar refractivity (Wildman–Crippen MR) is 82.6 cm³/mol. The van der Waals surface area contributed by atoms with Crippen molar-refractivity contribution < 1.29 is 13.2 Å². The molecule has 0 aliphatic carbocycles. The fourth-order valence-corrected chi connectivity index (χ4v) is 5.24. The summed E-state index contributed by atoms with van der Waals surface area (Å²) >= 11 is 1.18. The fraction of sp³-hybridized carbons (Fsp3) is 0.750. The number of hydrogen-bond acceptors (Lipinski definition) is 8. The summed E-state index contributed by atoms with van der Waals surface area (Å²) in [5.41, 5.74) is 5.74. The van der Waals surface area contributed by atoms with Gasteiger partial charge in [-0.3, -0.25) is 4.90 Å². The molecule has 2 aliphatic heterocycles. The van der Waals surface area contributed by atoms with Crippen molar-refractivity contribution in [3.63, 3.8) is 0 Å². The van der Waals surface area contributed by atoms with Crippen LogP contribution in [-0.2, 0) is 14.6 Å². The van der Waals surface area contributed by atoms with E-state index in [1.54, 1.807) is 0 Å². The second-order valence-electron chi connectivity index (χ2n) is 5.51. The molecule has 0 bridgehead atoms. The van der Waals surface area contributed by atoms with Gasteiger partial charge < -0.3 is 15.4 Å². The molecule has 0 amide bonds. The third-order valence-electron chi connectivity index (χ3n) is 4.04. The molecule has 2 N–H and O–H groups in total. The molecule has 0 radical (unpaired) electrons. The summed E-state index contributed by atoms with van der Waals surface area (Å²) in [6.07, 6.45) is 2.22. The number of nitrogens with two attached hydrogens (primary N) is 1. The smallest absolute Gasteiger partial charge is 0.182 e. The lowest BCUT2D eigenvalue weighted by Gasteiger charge is -2.32. The van der Waals surface area contributed by atoms with Gasteiger partial charge in [0.25, 0.3) is 0 Å². The van der Waals surface area contributed by atoms with Gasteiger partial charge in [0.1, 0.15) is 9.90 Å². The number of anilines is 2. The molecule has 9 heteroatoms. The first-order chi connectivity index (χ1) is 9.97. The van der Waals surface area contributed by atoms with Gasteiger partial charge in [-0.15, -0.1) is 0 Å². The molecule has 0 spiro atoms. The SMILES string of the molecule is CS(=O)(=O)c1c(N)nsc1N1CCC(N2CCOCC2)C1. The van der Waals surface area contributed by atoms with E-state index in [0.29, 0.717) is 11.0 Å². The van der Waals surface area contributed by atoms with E-state index >= 15 is 0 Å². The topological polar surface area (TPSA) is 88.8 Å². The van der Waals surface area contributed by atoms with E-state index in [0.717, 1.165) is 45.8 Å². The van der Waals surface area contributed by atoms with Crippen LogP contribution in [0.15, 0.2) is 4.90 Å². The van der Waals surface area contributed by atoms with Crippen LogP contribution in [0.3, 0.4) is 0 Å². The highest BCUT2D eigenvalue weighted by Gasteiger charge is 2.33. The number of aromatic nitrogens is 1. The zero-order valence-corrected chi connectivity index (χ0v) is 13.6. The lowest BCUT2D eigenvalue weighted by atomic mass is 10.2. The minimum atomic E-state index is -3.35. The normalized spacial score (nSPS) is 24.6. The van der Waals surface area contributed by atoms with Crippen LogP contribution >= 0.6 is 11.5 Å². The Bertz CT molecular complexity index is 610. The Morgan fingerprint density at radius 1 is 1.33 bits per heavy atom. The average molecular weight is 332 g/mol. The molecule has 2 aliphatic rings. The van der Waals surface area contributed by atoms with Gasteiger partial charge in [-0.1, -0.05) is 0 Å². The molecular formula is C12H20N4O3S2. The molecular weight excluding hydrogens is 312 g/mol. The van der Waals surface area contributed by atoms with Crippen molar-refractivity contribution in [3.8, 4) is 0 Å². The lowest BCUT2D eigenvalue weighted by Crippen LogP contribution is -2.44. The molecule has 0 aromatic carbocycles. The molecule has 2 fully saturated rings. The average Bonchev–Trinajstić information content (AvgIpc) is 3.05. The standard InChI is InChI=1S/C12H20N4O3S2/c1-21(17,18)10-11(13)14-20-12(10)16-3-2-9(8-16)15-4-6-19-7-5-15/h9H,2-8H2,1H3,(H2,13,14). The highest BCUT2D eigenvalue weighted by molar-refractivity contribution is 7.91. The number of ether oxygens (including phenoxy) is 1. The summed E-state index contributed by atoms with van der Waals surface area (Å²) in [5.74, 6) is 0.118. The first-order valence-electron chi connectivity index (χ1n) is 6.99. The Hall–Kier alpha value is -0.900. The van der Waals surface area contributed by atoms with Crippen LogP contribution in [0.1, 0.15) is 6.42 Å². The van der Waals surface area contributed by atoms with E-state index < -0.39 is 9.84 Å². The molecule has 3 rings (SSSR count). The quantitative estimate of drug-likeness (QED) is 0.836. The van der Waals surface area contributed by atoms with E-state index in [1.807, 2.05) is 0 Å². The summed E-state index contributed by atoms with van der Waals surface area (Å²) in [5, 5.41) is 0.686. The Kier molecular flexibility index (Phi) is 4.08. The highest BCUT2D eigenvalue weighted by atomic mass is 32.2. The summed E-state index contributed by atoms with van der Waals surface area (Å²) < 4.78 is 33.2. The predicted octanol–water partition coefficient (Wildman–Crippen LogP) is 0.0397. The second-order valence-corrected chi connectivity index (χ2v) is 8.22. The van der Waals surface area contributed by atoms with E-state index in [2.05, 4.69) is 14.2 Å². The number of sulfone groups is 1. The van der Waals surface area contributed by atoms with Crippen molar-refractivity contribution in [1.82, 2.24) is 9.27 Å². The zero-order valence-electron chi connectivity index (χ0n) is 12.0. The number of morpholine rings is 1. The maximum Gasteiger partial charge on any atom is 0.182 e. The lowest BCUT2D eigenvalue weighted by molar-refractivity contribution is 0.0209. The van der Waals surface area contributed by atoms with Crippen LogP contribution in [0.25, 0.3) is 0 Å². The molecule has 2 saturated heterocycles. The Morgan fingerprint density at radius 2 is 2.05 bits per heavy atom. The van der Waals surface area contributed by atoms with Crippen LogP contribution in [0.5, 0.6) is 0 Å². The van der Waals surface area contributed by atoms with Crippen LogP contribution in [0, 0.1) is 0 Å². The van der Waals surface area contributed by atoms with Gasteiger partial charge in [-0.05, 0) is 18.0 Å². The van der Waals surface area contributed by atoms with E-state index in [9.17, 15) is 8.42 Å². The second kappa shape index (κ2) is 5.71. The van der Waals surface area contributed by atoms with Gasteiger partial charge in [0.15, 0.2) is 15.7 Å². The number of nitrogen functional groups attached to an aromatic ring is 1. The molecule has 1 aromatic heterocycles. The van der Waals surface area contributed by atoms with Gasteiger partial charge in [0.05, 0.1) is 13.2 Å². The Balaban J connectivity index is 1.77. The van der Waals surface area contributed by atoms with Crippen molar-refractivity contribution in [2.24, 2.45) is 0 Å². The van der Waals surface area contributed by atoms with Crippen LogP contribution in [0.2, 0.25) is 0 Å². The minimum Gasteiger partial charge on any atom is -0.382 e. The molecule has 21 heavy (non-hydrogen) atoms. The first kappa shape index (κ1) is 15.0. The highest BCUT2D eigenvalue weighted by Crippen LogP contribution is 2.36. The van der Waals surface area contributed by atoms with Crippen molar-refractivity contribution >= 4 is 32.2 Å². The third-order valence-corrected chi connectivity index (χ3v) is 6.24. The molecule has 3 heterocycles. The summed E-state index contributed by atoms with van der Waals surface area (Å²) in [7, 11) is -3.35. The van der Waals surface area contributed by atoms with Crippen LogP contribution in [-0.4, -0.2) is 69.4 Å². The number of nitrogens with zero attached hydrogens (tertiary/aromatic N) is 3. The molecule has 1 unspecified atom stereocenters. The Morgan fingerprint density at radius 3 is 2.71 bits per heavy atom. The molecule has 118 valence electrons. The van der Waals surface area contributed by atoms with E-state index in [-0.39, 0.29) is 10.7 Å². The summed E-state index contributed by atoms with van der Waals surface area (Å²) in [6.45, 7) is 5.11. The monoisotopic (exact) mass is 332 g/mol. The third kappa shape index (κ3) is 3.01. The fourth-order valence-electron chi connectivity index (χ4n) is 3.00. The van der Waals surface area contributed by atoms with Crippen molar-refractivity contribution in [2.75, 3.05) is 56.3 Å². The zero-order chi connectivity index (χ0) is 15.0. The summed E-state index contributed by atoms with van der Waals surface area (Å²) in [4.78, 5) is 4.72. The first-order valence-corrected chi connectivity index (χ1v) is 9.65. The van der Waals surface area contributed by atoms with Crippen LogP contribution in [0.4, 0.5) is 10.8 Å². The largest absolute Gasteiger partial charge is 0.382 e. The van der Waals surface area contributed by atoms with E-state index in [1.165, 1.54) is 17.8 Å². The van der Waals surface area contributed by atoms with Gasteiger partial charge in [0, 0.05) is 38.5 Å². The van der Waals surface area contributed by atoms with Gasteiger partial charge in [-0.25, -0.2) is 8.42 Å². The van der Waals surface area contributed by atoms with Gasteiger partial charge >= 0.3 is 0 Å². The molecule has 0 saturated carbocycles. The summed E-state index contributed by atoms with van der Waals surface area (Å²) in [6, 6.07) is 0.449. The molecule has 7 nitrogen and oxygen atoms in total. The van der Waals surface area contributed by atoms with Crippen molar-refractivity contribution in [3.05, 3.63) is 0 Å². The van der Waals surface area contributed by atoms with Crippen molar-refractivity contribution in [1.29, 1.82) is 0 Å². The van der Waals surface area contributed by atoms with Crippen LogP contribution < -0.4 is 10.6 Å². The minimum absolute atomic E-state index is 0.118.